The number of anilines is 1. The molecule has 0 bridgehead atoms. The van der Waals surface area contributed by atoms with Gasteiger partial charge in [-0.2, -0.15) is 5.10 Å². The molecule has 1 aliphatic carbocycles. The predicted octanol–water partition coefficient (Wildman–Crippen LogP) is 1.51. The lowest BCUT2D eigenvalue weighted by atomic mass is 10.1. The second-order valence-corrected chi connectivity index (χ2v) is 4.39. The van der Waals surface area contributed by atoms with E-state index in [1.165, 1.54) is 31.4 Å². The number of nitrogens with two attached hydrogens (primary N) is 1. The van der Waals surface area contributed by atoms with E-state index in [1.807, 2.05) is 12.4 Å². The summed E-state index contributed by atoms with van der Waals surface area (Å²) in [5.41, 5.74) is 6.95. The van der Waals surface area contributed by atoms with Gasteiger partial charge in [-0.25, -0.2) is 0 Å². The van der Waals surface area contributed by atoms with E-state index in [9.17, 15) is 0 Å². The Balaban J connectivity index is 2.15. The molecule has 0 radical (unpaired) electrons. The molecule has 3 N–H and O–H groups in total. The van der Waals surface area contributed by atoms with Crippen molar-refractivity contribution in [3.8, 4) is 0 Å². The molecule has 84 valence electrons. The minimum Gasteiger partial charge on any atom is -0.362 e. The predicted molar refractivity (Wildman–Crippen MR) is 61.8 cm³/mol. The maximum Gasteiger partial charge on any atom is 0.0755 e. The van der Waals surface area contributed by atoms with Gasteiger partial charge in [-0.1, -0.05) is 12.8 Å². The van der Waals surface area contributed by atoms with E-state index in [1.54, 1.807) is 0 Å². The van der Waals surface area contributed by atoms with E-state index in [4.69, 9.17) is 5.73 Å². The van der Waals surface area contributed by atoms with Crippen molar-refractivity contribution in [3.05, 3.63) is 12.4 Å². The lowest BCUT2D eigenvalue weighted by Crippen LogP contribution is -2.44. The summed E-state index contributed by atoms with van der Waals surface area (Å²) in [7, 11) is 0. The highest BCUT2D eigenvalue weighted by Gasteiger charge is 2.26. The van der Waals surface area contributed by atoms with Gasteiger partial charge < -0.3 is 10.6 Å². The average molecular weight is 208 g/mol. The van der Waals surface area contributed by atoms with Gasteiger partial charge in [0.1, 0.15) is 0 Å². The molecular weight excluding hydrogens is 188 g/mol. The maximum atomic E-state index is 5.77. The third kappa shape index (κ3) is 2.15. The Morgan fingerprint density at radius 2 is 2.33 bits per heavy atom. The average Bonchev–Trinajstić information content (AvgIpc) is 2.90. The molecule has 4 heteroatoms. The van der Waals surface area contributed by atoms with E-state index in [2.05, 4.69) is 22.0 Å². The Morgan fingerprint density at radius 3 is 2.87 bits per heavy atom. The van der Waals surface area contributed by atoms with Crippen LogP contribution in [-0.2, 0) is 0 Å². The molecule has 1 heterocycles. The van der Waals surface area contributed by atoms with Crippen molar-refractivity contribution in [2.75, 3.05) is 11.4 Å². The molecule has 1 aromatic rings. The number of hydrogen-bond acceptors (Lipinski definition) is 3. The van der Waals surface area contributed by atoms with E-state index >= 15 is 0 Å². The van der Waals surface area contributed by atoms with Crippen LogP contribution < -0.4 is 10.6 Å². The molecule has 1 aromatic heterocycles. The minimum atomic E-state index is 0.394. The smallest absolute Gasteiger partial charge is 0.0755 e. The van der Waals surface area contributed by atoms with E-state index in [0.717, 1.165) is 0 Å². The highest BCUT2D eigenvalue weighted by molar-refractivity contribution is 5.44. The number of nitrogens with one attached hydrogen (secondary N) is 1. The van der Waals surface area contributed by atoms with Crippen molar-refractivity contribution < 1.29 is 0 Å². The molecule has 2 rings (SSSR count). The zero-order chi connectivity index (χ0) is 10.7. The Kier molecular flexibility index (Phi) is 3.26. The molecule has 0 aliphatic heterocycles. The highest BCUT2D eigenvalue weighted by atomic mass is 15.2. The van der Waals surface area contributed by atoms with Crippen LogP contribution in [0.25, 0.3) is 0 Å². The van der Waals surface area contributed by atoms with Crippen LogP contribution in [0, 0.1) is 0 Å². The molecule has 0 saturated heterocycles. The standard InChI is InChI=1S/C11H20N4/c1-9(6-12)15(10-4-2-3-5-10)11-7-13-14-8-11/h7-10H,2-6,12H2,1H3,(H,13,14). The first-order chi connectivity index (χ1) is 7.33. The second kappa shape index (κ2) is 4.66. The Bertz CT molecular complexity index is 277. The highest BCUT2D eigenvalue weighted by Crippen LogP contribution is 2.29. The van der Waals surface area contributed by atoms with Crippen molar-refractivity contribution >= 4 is 5.69 Å². The Morgan fingerprint density at radius 1 is 1.60 bits per heavy atom. The molecule has 0 amide bonds. The van der Waals surface area contributed by atoms with Crippen molar-refractivity contribution in [2.24, 2.45) is 5.73 Å². The van der Waals surface area contributed by atoms with Gasteiger partial charge in [-0.05, 0) is 19.8 Å². The fraction of sp³-hybridized carbons (Fsp3) is 0.727. The van der Waals surface area contributed by atoms with Crippen LogP contribution >= 0.6 is 0 Å². The second-order valence-electron chi connectivity index (χ2n) is 4.39. The molecule has 0 spiro atoms. The summed E-state index contributed by atoms with van der Waals surface area (Å²) in [4.78, 5) is 2.43. The van der Waals surface area contributed by atoms with Gasteiger partial charge in [0.2, 0.25) is 0 Å². The SMILES string of the molecule is CC(CN)N(c1cn[nH]c1)C1CCCC1. The largest absolute Gasteiger partial charge is 0.362 e. The van der Waals surface area contributed by atoms with Gasteiger partial charge in [-0.15, -0.1) is 0 Å². The number of aromatic nitrogens is 2. The number of rotatable bonds is 4. The summed E-state index contributed by atoms with van der Waals surface area (Å²) in [6.07, 6.45) is 9.12. The first-order valence-electron chi connectivity index (χ1n) is 5.80. The quantitative estimate of drug-likeness (QED) is 0.788. The molecular formula is C11H20N4. The van der Waals surface area contributed by atoms with Crippen LogP contribution in [-0.4, -0.2) is 28.8 Å². The van der Waals surface area contributed by atoms with Gasteiger partial charge >= 0.3 is 0 Å². The van der Waals surface area contributed by atoms with Crippen LogP contribution in [0.5, 0.6) is 0 Å². The Hall–Kier alpha value is -1.03. The van der Waals surface area contributed by atoms with Gasteiger partial charge in [0.15, 0.2) is 0 Å². The minimum absolute atomic E-state index is 0.394. The molecule has 0 aromatic carbocycles. The van der Waals surface area contributed by atoms with Crippen molar-refractivity contribution in [2.45, 2.75) is 44.7 Å². The van der Waals surface area contributed by atoms with Crippen LogP contribution in [0.15, 0.2) is 12.4 Å². The van der Waals surface area contributed by atoms with Crippen LogP contribution in [0.1, 0.15) is 32.6 Å². The number of nitrogens with zero attached hydrogens (tertiary/aromatic N) is 2. The lowest BCUT2D eigenvalue weighted by Gasteiger charge is -2.34. The number of aromatic amines is 1. The third-order valence-corrected chi connectivity index (χ3v) is 3.32. The van der Waals surface area contributed by atoms with Gasteiger partial charge in [0, 0.05) is 24.8 Å². The first-order valence-corrected chi connectivity index (χ1v) is 5.80. The zero-order valence-electron chi connectivity index (χ0n) is 9.32. The molecule has 15 heavy (non-hydrogen) atoms. The van der Waals surface area contributed by atoms with Gasteiger partial charge in [-0.3, -0.25) is 5.10 Å². The summed E-state index contributed by atoms with van der Waals surface area (Å²) in [5.74, 6) is 0. The fourth-order valence-electron chi connectivity index (χ4n) is 2.51. The summed E-state index contributed by atoms with van der Waals surface area (Å²) in [6, 6.07) is 1.05. The normalized spacial score (nSPS) is 19.3. The molecule has 1 saturated carbocycles. The topological polar surface area (TPSA) is 57.9 Å². The van der Waals surface area contributed by atoms with E-state index < -0.39 is 0 Å². The van der Waals surface area contributed by atoms with Crippen LogP contribution in [0.4, 0.5) is 5.69 Å². The number of hydrogen-bond donors (Lipinski definition) is 2. The summed E-state index contributed by atoms with van der Waals surface area (Å²) in [5, 5.41) is 6.90. The summed E-state index contributed by atoms with van der Waals surface area (Å²) in [6.45, 7) is 2.88. The van der Waals surface area contributed by atoms with Crippen molar-refractivity contribution in [1.29, 1.82) is 0 Å². The van der Waals surface area contributed by atoms with Crippen molar-refractivity contribution in [1.82, 2.24) is 10.2 Å². The van der Waals surface area contributed by atoms with E-state index in [0.29, 0.717) is 18.6 Å². The fourth-order valence-corrected chi connectivity index (χ4v) is 2.51. The van der Waals surface area contributed by atoms with Crippen LogP contribution in [0.2, 0.25) is 0 Å². The lowest BCUT2D eigenvalue weighted by molar-refractivity contribution is 0.535. The number of H-pyrrole nitrogens is 1. The molecule has 1 unspecified atom stereocenters. The molecule has 1 fully saturated rings. The molecule has 1 atom stereocenters. The maximum absolute atomic E-state index is 5.77. The zero-order valence-corrected chi connectivity index (χ0v) is 9.32. The van der Waals surface area contributed by atoms with E-state index in [-0.39, 0.29) is 0 Å². The van der Waals surface area contributed by atoms with Crippen molar-refractivity contribution in [3.63, 3.8) is 0 Å². The van der Waals surface area contributed by atoms with Gasteiger partial charge in [0.05, 0.1) is 11.9 Å². The van der Waals surface area contributed by atoms with Gasteiger partial charge in [0.25, 0.3) is 0 Å². The molecule has 4 nitrogen and oxygen atoms in total. The Labute approximate surface area is 90.8 Å². The third-order valence-electron chi connectivity index (χ3n) is 3.32. The summed E-state index contributed by atoms with van der Waals surface area (Å²) >= 11 is 0. The first kappa shape index (κ1) is 10.5. The summed E-state index contributed by atoms with van der Waals surface area (Å²) < 4.78 is 0. The molecule has 1 aliphatic rings. The monoisotopic (exact) mass is 208 g/mol. The van der Waals surface area contributed by atoms with Crippen LogP contribution in [0.3, 0.4) is 0 Å².